The van der Waals surface area contributed by atoms with Gasteiger partial charge in [-0.1, -0.05) is 37.5 Å². The van der Waals surface area contributed by atoms with E-state index >= 15 is 0 Å². The van der Waals surface area contributed by atoms with Gasteiger partial charge in [-0.2, -0.15) is 0 Å². The third-order valence-electron chi connectivity index (χ3n) is 5.26. The molecule has 1 aliphatic heterocycles. The number of imide groups is 1. The quantitative estimate of drug-likeness (QED) is 0.729. The minimum absolute atomic E-state index is 0.292. The normalized spacial score (nSPS) is 19.2. The molecular weight excluding hydrogens is 386 g/mol. The number of hydrogen-bond acceptors (Lipinski definition) is 4. The fourth-order valence-electron chi connectivity index (χ4n) is 3.78. The smallest absolute Gasteiger partial charge is 0.294 e. The molecule has 0 radical (unpaired) electrons. The van der Waals surface area contributed by atoms with Gasteiger partial charge in [-0.15, -0.1) is 0 Å². The number of thioether (sulfide) groups is 1. The largest absolute Gasteiger partial charge is 0.351 e. The molecule has 4 rings (SSSR count). The highest BCUT2D eigenvalue weighted by molar-refractivity contribution is 8.18. The van der Waals surface area contributed by atoms with Crippen LogP contribution in [0.25, 0.3) is 6.08 Å². The first-order valence-electron chi connectivity index (χ1n) is 9.88. The van der Waals surface area contributed by atoms with Crippen LogP contribution in [-0.2, 0) is 9.59 Å². The highest BCUT2D eigenvalue weighted by Gasteiger charge is 2.36. The molecule has 150 valence electrons. The number of para-hydroxylation sites is 1. The van der Waals surface area contributed by atoms with Crippen molar-refractivity contribution in [1.82, 2.24) is 9.47 Å². The molecule has 2 heterocycles. The number of nitrogens with zero attached hydrogens (tertiary/aromatic N) is 2. The van der Waals surface area contributed by atoms with Crippen LogP contribution in [0, 0.1) is 0 Å². The van der Waals surface area contributed by atoms with Crippen LogP contribution in [0.4, 0.5) is 10.5 Å². The van der Waals surface area contributed by atoms with Crippen LogP contribution in [0.3, 0.4) is 0 Å². The third-order valence-corrected chi connectivity index (χ3v) is 6.17. The molecule has 0 unspecified atom stereocenters. The van der Waals surface area contributed by atoms with E-state index in [-0.39, 0.29) is 6.54 Å². The van der Waals surface area contributed by atoms with Crippen LogP contribution in [-0.4, -0.2) is 33.1 Å². The molecule has 2 aliphatic rings. The van der Waals surface area contributed by atoms with Gasteiger partial charge >= 0.3 is 0 Å². The van der Waals surface area contributed by atoms with Crippen LogP contribution in [0.1, 0.15) is 43.7 Å². The molecule has 0 atom stereocenters. The number of carbonyl (C=O) groups is 3. The van der Waals surface area contributed by atoms with Crippen molar-refractivity contribution in [2.24, 2.45) is 0 Å². The van der Waals surface area contributed by atoms with E-state index in [1.165, 1.54) is 32.1 Å². The molecule has 29 heavy (non-hydrogen) atoms. The Labute approximate surface area is 174 Å². The van der Waals surface area contributed by atoms with E-state index in [1.54, 1.807) is 30.3 Å². The van der Waals surface area contributed by atoms with Crippen LogP contribution < -0.4 is 5.32 Å². The van der Waals surface area contributed by atoms with E-state index in [0.29, 0.717) is 16.6 Å². The molecule has 3 amide bonds. The second-order valence-electron chi connectivity index (χ2n) is 7.37. The van der Waals surface area contributed by atoms with Gasteiger partial charge in [-0.25, -0.2) is 0 Å². The van der Waals surface area contributed by atoms with Gasteiger partial charge in [-0.05, 0) is 54.4 Å². The highest BCUT2D eigenvalue weighted by atomic mass is 32.2. The van der Waals surface area contributed by atoms with Crippen molar-refractivity contribution in [2.45, 2.75) is 38.1 Å². The van der Waals surface area contributed by atoms with Crippen LogP contribution >= 0.6 is 11.8 Å². The summed E-state index contributed by atoms with van der Waals surface area (Å²) in [6, 6.07) is 11.4. The maximum atomic E-state index is 12.6. The van der Waals surface area contributed by atoms with Crippen molar-refractivity contribution < 1.29 is 14.4 Å². The van der Waals surface area contributed by atoms with Crippen molar-refractivity contribution in [3.8, 4) is 0 Å². The summed E-state index contributed by atoms with van der Waals surface area (Å²) in [6.07, 6.45) is 12.0. The average Bonchev–Trinajstić information content (AvgIpc) is 3.30. The number of anilines is 1. The predicted octanol–water partition coefficient (Wildman–Crippen LogP) is 4.67. The monoisotopic (exact) mass is 409 g/mol. The molecule has 0 bridgehead atoms. The zero-order valence-corrected chi connectivity index (χ0v) is 16.9. The number of benzene rings is 1. The Morgan fingerprint density at radius 3 is 2.62 bits per heavy atom. The van der Waals surface area contributed by atoms with Crippen molar-refractivity contribution in [1.29, 1.82) is 0 Å². The number of rotatable bonds is 5. The Morgan fingerprint density at radius 2 is 1.86 bits per heavy atom. The van der Waals surface area contributed by atoms with Gasteiger partial charge in [0.2, 0.25) is 5.91 Å². The van der Waals surface area contributed by atoms with E-state index in [4.69, 9.17) is 0 Å². The van der Waals surface area contributed by atoms with Gasteiger partial charge in [0, 0.05) is 24.1 Å². The fraction of sp³-hybridized carbons (Fsp3) is 0.318. The molecule has 1 aromatic carbocycles. The van der Waals surface area contributed by atoms with Crippen molar-refractivity contribution in [3.63, 3.8) is 0 Å². The summed E-state index contributed by atoms with van der Waals surface area (Å²) in [5.74, 6) is -0.822. The summed E-state index contributed by atoms with van der Waals surface area (Å²) in [7, 11) is 0. The number of hydrogen-bond donors (Lipinski definition) is 1. The lowest BCUT2D eigenvalue weighted by atomic mass is 9.95. The fourth-order valence-corrected chi connectivity index (χ4v) is 4.61. The van der Waals surface area contributed by atoms with Gasteiger partial charge in [-0.3, -0.25) is 19.3 Å². The Kier molecular flexibility index (Phi) is 5.85. The minimum atomic E-state index is -0.423. The number of aromatic nitrogens is 1. The summed E-state index contributed by atoms with van der Waals surface area (Å²) in [6.45, 7) is -0.292. The van der Waals surface area contributed by atoms with Crippen molar-refractivity contribution in [3.05, 3.63) is 59.3 Å². The van der Waals surface area contributed by atoms with E-state index in [9.17, 15) is 14.4 Å². The molecule has 1 aliphatic carbocycles. The molecule has 0 spiro atoms. The number of carbonyl (C=O) groups excluding carboxylic acids is 3. The zero-order chi connectivity index (χ0) is 20.2. The van der Waals surface area contributed by atoms with E-state index in [0.717, 1.165) is 22.2 Å². The average molecular weight is 410 g/mol. The molecule has 1 aromatic heterocycles. The SMILES string of the molecule is O=C(CN1C(=O)S/C(=C/c2ccn(C3CCCCC3)c2)C1=O)Nc1ccccc1. The van der Waals surface area contributed by atoms with E-state index in [2.05, 4.69) is 9.88 Å². The van der Waals surface area contributed by atoms with Gasteiger partial charge in [0.15, 0.2) is 0 Å². The first-order chi connectivity index (χ1) is 14.1. The summed E-state index contributed by atoms with van der Waals surface area (Å²) in [5.41, 5.74) is 1.53. The maximum absolute atomic E-state index is 12.6. The second kappa shape index (κ2) is 8.69. The Morgan fingerprint density at radius 1 is 1.10 bits per heavy atom. The molecule has 7 heteroatoms. The van der Waals surface area contributed by atoms with Crippen LogP contribution in [0.5, 0.6) is 0 Å². The maximum Gasteiger partial charge on any atom is 0.294 e. The number of amides is 3. The first-order valence-corrected chi connectivity index (χ1v) is 10.7. The molecule has 1 saturated heterocycles. The van der Waals surface area contributed by atoms with Gasteiger partial charge in [0.25, 0.3) is 11.1 Å². The Hall–Kier alpha value is -2.80. The molecule has 1 saturated carbocycles. The summed E-state index contributed by atoms with van der Waals surface area (Å²) < 4.78 is 2.21. The lowest BCUT2D eigenvalue weighted by molar-refractivity contribution is -0.127. The molecule has 2 fully saturated rings. The predicted molar refractivity (Wildman–Crippen MR) is 114 cm³/mol. The standard InChI is InChI=1S/C22H23N3O3S/c26-20(23-17-7-3-1-4-8-17)15-25-21(27)19(29-22(25)28)13-16-11-12-24(14-16)18-9-5-2-6-10-18/h1,3-4,7-8,11-14,18H,2,5-6,9-10,15H2,(H,23,26)/b19-13+. The highest BCUT2D eigenvalue weighted by Crippen LogP contribution is 2.33. The Balaban J connectivity index is 1.41. The summed E-state index contributed by atoms with van der Waals surface area (Å²) in [5, 5.41) is 2.28. The molecule has 1 N–H and O–H groups in total. The van der Waals surface area contributed by atoms with Gasteiger partial charge in [0.1, 0.15) is 6.54 Å². The van der Waals surface area contributed by atoms with Crippen molar-refractivity contribution in [2.75, 3.05) is 11.9 Å². The zero-order valence-electron chi connectivity index (χ0n) is 16.0. The lowest BCUT2D eigenvalue weighted by Gasteiger charge is -2.23. The van der Waals surface area contributed by atoms with Crippen LogP contribution in [0.2, 0.25) is 0 Å². The molecular formula is C22H23N3O3S. The first kappa shape index (κ1) is 19.5. The number of nitrogens with one attached hydrogen (secondary N) is 1. The second-order valence-corrected chi connectivity index (χ2v) is 8.36. The van der Waals surface area contributed by atoms with Crippen LogP contribution in [0.15, 0.2) is 53.7 Å². The lowest BCUT2D eigenvalue weighted by Crippen LogP contribution is -2.36. The molecule has 6 nitrogen and oxygen atoms in total. The third kappa shape index (κ3) is 4.62. The Bertz CT molecular complexity index is 945. The van der Waals surface area contributed by atoms with Crippen molar-refractivity contribution >= 4 is 40.6 Å². The minimum Gasteiger partial charge on any atom is -0.351 e. The summed E-state index contributed by atoms with van der Waals surface area (Å²) in [4.78, 5) is 38.5. The van der Waals surface area contributed by atoms with Gasteiger partial charge in [0.05, 0.1) is 4.91 Å². The van der Waals surface area contributed by atoms with E-state index < -0.39 is 17.1 Å². The topological polar surface area (TPSA) is 71.4 Å². The van der Waals surface area contributed by atoms with Gasteiger partial charge < -0.3 is 9.88 Å². The van der Waals surface area contributed by atoms with E-state index in [1.807, 2.05) is 24.5 Å². The molecule has 2 aromatic rings. The summed E-state index contributed by atoms with van der Waals surface area (Å²) >= 11 is 0.879.